The molecule has 0 radical (unpaired) electrons. The fourth-order valence-electron chi connectivity index (χ4n) is 3.90. The number of alkyl carbamates (subject to hydrolysis) is 1. The number of rotatable bonds is 13. The number of carbonyl (C=O) groups excluding carboxylic acids is 3. The first-order chi connectivity index (χ1) is 18.6. The molecule has 0 saturated carbocycles. The Morgan fingerprint density at radius 2 is 1.54 bits per heavy atom. The van der Waals surface area contributed by atoms with Crippen molar-refractivity contribution in [2.75, 3.05) is 0 Å². The number of ketones is 1. The molecule has 1 heterocycles. The lowest BCUT2D eigenvalue weighted by Crippen LogP contribution is -2.52. The molecule has 208 valence electrons. The highest BCUT2D eigenvalue weighted by Gasteiger charge is 2.29. The maximum Gasteiger partial charge on any atom is 0.408 e. The molecule has 10 nitrogen and oxygen atoms in total. The van der Waals surface area contributed by atoms with Crippen LogP contribution in [0.5, 0.6) is 0 Å². The molecule has 11 heteroatoms. The predicted octanol–water partition coefficient (Wildman–Crippen LogP) is 3.92. The fraction of sp³-hybridized carbons (Fsp3) is 0.429. The first-order valence-electron chi connectivity index (χ1n) is 12.9. The van der Waals surface area contributed by atoms with E-state index in [0.29, 0.717) is 18.4 Å². The SMILES string of the molecule is CC(C)C[C@H](NC(=O)[C@H](CC(C)C)NC(=O)OCc1ccccc1)C(=O)Cn1nnc(-c2ccc(F)cc2)n1. The maximum atomic E-state index is 13.2. The van der Waals surface area contributed by atoms with Crippen molar-refractivity contribution in [2.24, 2.45) is 11.8 Å². The minimum atomic E-state index is -0.884. The number of nitrogens with one attached hydrogen (secondary N) is 2. The Kier molecular flexibility index (Phi) is 10.7. The Labute approximate surface area is 227 Å². The minimum absolute atomic E-state index is 0.0714. The number of nitrogens with zero attached hydrogens (tertiary/aromatic N) is 4. The van der Waals surface area contributed by atoms with Gasteiger partial charge in [-0.1, -0.05) is 58.0 Å². The molecule has 0 aliphatic rings. The molecule has 0 spiro atoms. The molecule has 3 rings (SSSR count). The second-order valence-corrected chi connectivity index (χ2v) is 10.2. The predicted molar refractivity (Wildman–Crippen MR) is 143 cm³/mol. The van der Waals surface area contributed by atoms with Crippen LogP contribution in [0.15, 0.2) is 54.6 Å². The molecule has 0 saturated heterocycles. The molecule has 0 unspecified atom stereocenters. The Bertz CT molecular complexity index is 1230. The summed E-state index contributed by atoms with van der Waals surface area (Å²) in [6, 6.07) is 13.1. The Hall–Kier alpha value is -4.15. The van der Waals surface area contributed by atoms with Crippen molar-refractivity contribution in [3.63, 3.8) is 0 Å². The van der Waals surface area contributed by atoms with E-state index in [9.17, 15) is 18.8 Å². The zero-order valence-electron chi connectivity index (χ0n) is 22.6. The molecule has 3 aromatic rings. The summed E-state index contributed by atoms with van der Waals surface area (Å²) < 4.78 is 18.5. The first kappa shape index (κ1) is 29.4. The summed E-state index contributed by atoms with van der Waals surface area (Å²) in [5.41, 5.74) is 1.38. The number of benzene rings is 2. The zero-order chi connectivity index (χ0) is 28.4. The van der Waals surface area contributed by atoms with E-state index >= 15 is 0 Å². The van der Waals surface area contributed by atoms with E-state index in [0.717, 1.165) is 10.4 Å². The lowest BCUT2D eigenvalue weighted by molar-refractivity contribution is -0.130. The molecule has 0 bridgehead atoms. The van der Waals surface area contributed by atoms with Crippen LogP contribution in [0.2, 0.25) is 0 Å². The summed E-state index contributed by atoms with van der Waals surface area (Å²) >= 11 is 0. The Morgan fingerprint density at radius 1 is 0.897 bits per heavy atom. The van der Waals surface area contributed by atoms with E-state index in [1.807, 2.05) is 58.0 Å². The van der Waals surface area contributed by atoms with Gasteiger partial charge in [0.25, 0.3) is 0 Å². The largest absolute Gasteiger partial charge is 0.445 e. The minimum Gasteiger partial charge on any atom is -0.445 e. The van der Waals surface area contributed by atoms with Gasteiger partial charge >= 0.3 is 6.09 Å². The molecular formula is C28H35FN6O4. The van der Waals surface area contributed by atoms with Crippen LogP contribution in [0.3, 0.4) is 0 Å². The number of ether oxygens (including phenoxy) is 1. The number of halogens is 1. The van der Waals surface area contributed by atoms with Crippen LogP contribution in [0, 0.1) is 17.7 Å². The molecule has 1 aromatic heterocycles. The van der Waals surface area contributed by atoms with Crippen LogP contribution < -0.4 is 10.6 Å². The summed E-state index contributed by atoms with van der Waals surface area (Å²) in [5.74, 6) is -0.720. The summed E-state index contributed by atoms with van der Waals surface area (Å²) in [6.45, 7) is 7.61. The molecule has 2 amide bonds. The van der Waals surface area contributed by atoms with E-state index in [-0.39, 0.29) is 42.4 Å². The van der Waals surface area contributed by atoms with Gasteiger partial charge in [0.05, 0.1) is 6.04 Å². The third-order valence-electron chi connectivity index (χ3n) is 5.79. The summed E-state index contributed by atoms with van der Waals surface area (Å²) in [6.07, 6.45) is 0.0313. The molecule has 2 N–H and O–H groups in total. The summed E-state index contributed by atoms with van der Waals surface area (Å²) in [7, 11) is 0. The van der Waals surface area contributed by atoms with E-state index in [4.69, 9.17) is 4.74 Å². The summed E-state index contributed by atoms with van der Waals surface area (Å²) in [5, 5.41) is 17.5. The molecule has 0 fully saturated rings. The van der Waals surface area contributed by atoms with Gasteiger partial charge in [0.2, 0.25) is 11.7 Å². The lowest BCUT2D eigenvalue weighted by Gasteiger charge is -2.24. The van der Waals surface area contributed by atoms with E-state index in [1.165, 1.54) is 24.3 Å². The van der Waals surface area contributed by atoms with Crippen molar-refractivity contribution in [1.82, 2.24) is 30.8 Å². The monoisotopic (exact) mass is 538 g/mol. The number of amides is 2. The average molecular weight is 539 g/mol. The first-order valence-corrected chi connectivity index (χ1v) is 12.9. The van der Waals surface area contributed by atoms with Gasteiger partial charge in [-0.2, -0.15) is 4.80 Å². The van der Waals surface area contributed by atoms with Crippen molar-refractivity contribution < 1.29 is 23.5 Å². The number of Topliss-reactive ketones (excluding diaryl/α,β-unsaturated/α-hetero) is 1. The van der Waals surface area contributed by atoms with Gasteiger partial charge in [-0.05, 0) is 59.7 Å². The topological polar surface area (TPSA) is 128 Å². The highest BCUT2D eigenvalue weighted by atomic mass is 19.1. The van der Waals surface area contributed by atoms with E-state index in [1.54, 1.807) is 0 Å². The standard InChI is InChI=1S/C28H35FN6O4/c1-18(2)14-23(25(36)16-35-33-26(32-34-35)21-10-12-22(29)13-11-21)30-27(37)24(15-19(3)4)31-28(38)39-17-20-8-6-5-7-9-20/h5-13,18-19,23-24H,14-17H2,1-4H3,(H,30,37)(H,31,38)/t23-,24-/m0/s1. The van der Waals surface area contributed by atoms with Crippen molar-refractivity contribution in [2.45, 2.75) is 65.8 Å². The fourth-order valence-corrected chi connectivity index (χ4v) is 3.90. The van der Waals surface area contributed by atoms with Gasteiger partial charge in [0, 0.05) is 5.56 Å². The summed E-state index contributed by atoms with van der Waals surface area (Å²) in [4.78, 5) is 40.0. The van der Waals surface area contributed by atoms with Gasteiger partial charge in [0.1, 0.15) is 25.0 Å². The van der Waals surface area contributed by atoms with Crippen LogP contribution >= 0.6 is 0 Å². The third kappa shape index (κ3) is 9.59. The molecule has 2 aromatic carbocycles. The molecule has 0 aliphatic carbocycles. The smallest absolute Gasteiger partial charge is 0.408 e. The number of carbonyl (C=O) groups is 3. The van der Waals surface area contributed by atoms with Gasteiger partial charge in [0.15, 0.2) is 5.78 Å². The molecule has 0 aliphatic heterocycles. The van der Waals surface area contributed by atoms with Crippen LogP contribution in [0.4, 0.5) is 9.18 Å². The van der Waals surface area contributed by atoms with Crippen molar-refractivity contribution in [3.8, 4) is 11.4 Å². The maximum absolute atomic E-state index is 13.2. The highest BCUT2D eigenvalue weighted by Crippen LogP contribution is 2.14. The van der Waals surface area contributed by atoms with E-state index in [2.05, 4.69) is 26.0 Å². The highest BCUT2D eigenvalue weighted by molar-refractivity contribution is 5.92. The van der Waals surface area contributed by atoms with Crippen LogP contribution in [-0.4, -0.2) is 50.1 Å². The Morgan fingerprint density at radius 3 is 2.18 bits per heavy atom. The Balaban J connectivity index is 1.64. The van der Waals surface area contributed by atoms with Crippen LogP contribution in [0.25, 0.3) is 11.4 Å². The van der Waals surface area contributed by atoms with Crippen LogP contribution in [0.1, 0.15) is 46.1 Å². The average Bonchev–Trinajstić information content (AvgIpc) is 3.35. The lowest BCUT2D eigenvalue weighted by atomic mass is 9.98. The number of tetrazole rings is 1. The zero-order valence-corrected chi connectivity index (χ0v) is 22.6. The normalized spacial score (nSPS) is 12.7. The van der Waals surface area contributed by atoms with Crippen molar-refractivity contribution in [1.29, 1.82) is 0 Å². The number of hydrogen-bond donors (Lipinski definition) is 2. The second-order valence-electron chi connectivity index (χ2n) is 10.2. The van der Waals surface area contributed by atoms with Gasteiger partial charge in [-0.3, -0.25) is 9.59 Å². The molecule has 2 atom stereocenters. The third-order valence-corrected chi connectivity index (χ3v) is 5.79. The van der Waals surface area contributed by atoms with Gasteiger partial charge < -0.3 is 15.4 Å². The van der Waals surface area contributed by atoms with Gasteiger partial charge in [-0.25, -0.2) is 9.18 Å². The van der Waals surface area contributed by atoms with Crippen molar-refractivity contribution >= 4 is 17.8 Å². The molecule has 39 heavy (non-hydrogen) atoms. The molecular weight excluding hydrogens is 503 g/mol. The van der Waals surface area contributed by atoms with E-state index < -0.39 is 24.1 Å². The van der Waals surface area contributed by atoms with Crippen molar-refractivity contribution in [3.05, 3.63) is 66.0 Å². The van der Waals surface area contributed by atoms with Crippen LogP contribution in [-0.2, 0) is 27.5 Å². The van der Waals surface area contributed by atoms with Gasteiger partial charge in [-0.15, -0.1) is 10.2 Å². The quantitative estimate of drug-likeness (QED) is 0.338. The number of hydrogen-bond acceptors (Lipinski definition) is 7. The second kappa shape index (κ2) is 14.1. The number of aromatic nitrogens is 4.